The lowest BCUT2D eigenvalue weighted by atomic mass is 9.92. The SMILES string of the molecule is CC(O)C1CCN(c2ccc(C(F)(F)F)nn2)CC1. The summed E-state index contributed by atoms with van der Waals surface area (Å²) in [5.41, 5.74) is -0.977. The maximum Gasteiger partial charge on any atom is 0.435 e. The predicted octanol–water partition coefficient (Wildman–Crippen LogP) is 2.09. The van der Waals surface area contributed by atoms with Gasteiger partial charge in [-0.05, 0) is 37.8 Å². The van der Waals surface area contributed by atoms with Crippen molar-refractivity contribution in [3.05, 3.63) is 17.8 Å². The first-order valence-corrected chi connectivity index (χ1v) is 6.22. The Kier molecular flexibility index (Phi) is 3.93. The molecule has 1 aliphatic heterocycles. The van der Waals surface area contributed by atoms with E-state index in [0.29, 0.717) is 18.9 Å². The highest BCUT2D eigenvalue weighted by Crippen LogP contribution is 2.28. The lowest BCUT2D eigenvalue weighted by Crippen LogP contribution is -2.37. The summed E-state index contributed by atoms with van der Waals surface area (Å²) in [5.74, 6) is 0.704. The van der Waals surface area contributed by atoms with Crippen molar-refractivity contribution < 1.29 is 18.3 Å². The summed E-state index contributed by atoms with van der Waals surface area (Å²) >= 11 is 0. The zero-order valence-electron chi connectivity index (χ0n) is 10.6. The van der Waals surface area contributed by atoms with Crippen molar-refractivity contribution in [2.75, 3.05) is 18.0 Å². The van der Waals surface area contributed by atoms with E-state index in [1.807, 2.05) is 4.90 Å². The average Bonchev–Trinajstić information content (AvgIpc) is 2.38. The van der Waals surface area contributed by atoms with Crippen LogP contribution in [-0.4, -0.2) is 34.5 Å². The minimum absolute atomic E-state index is 0.249. The van der Waals surface area contributed by atoms with E-state index >= 15 is 0 Å². The molecule has 4 nitrogen and oxygen atoms in total. The van der Waals surface area contributed by atoms with E-state index in [0.717, 1.165) is 18.9 Å². The van der Waals surface area contributed by atoms with E-state index in [2.05, 4.69) is 10.2 Å². The van der Waals surface area contributed by atoms with Gasteiger partial charge in [0.05, 0.1) is 6.10 Å². The number of piperidine rings is 1. The molecule has 7 heteroatoms. The fraction of sp³-hybridized carbons (Fsp3) is 0.667. The first-order valence-electron chi connectivity index (χ1n) is 6.22. The molecule has 2 rings (SSSR count). The van der Waals surface area contributed by atoms with Crippen LogP contribution >= 0.6 is 0 Å². The quantitative estimate of drug-likeness (QED) is 0.898. The van der Waals surface area contributed by atoms with Crippen molar-refractivity contribution in [3.8, 4) is 0 Å². The number of hydrogen-bond donors (Lipinski definition) is 1. The van der Waals surface area contributed by atoms with Gasteiger partial charge in [0.15, 0.2) is 11.5 Å². The van der Waals surface area contributed by atoms with Gasteiger partial charge in [-0.1, -0.05) is 0 Å². The van der Waals surface area contributed by atoms with Crippen LogP contribution in [0, 0.1) is 5.92 Å². The van der Waals surface area contributed by atoms with Crippen LogP contribution in [0.5, 0.6) is 0 Å². The van der Waals surface area contributed by atoms with E-state index in [-0.39, 0.29) is 12.0 Å². The lowest BCUT2D eigenvalue weighted by Gasteiger charge is -2.33. The lowest BCUT2D eigenvalue weighted by molar-refractivity contribution is -0.141. The maximum absolute atomic E-state index is 12.4. The summed E-state index contributed by atoms with van der Waals surface area (Å²) in [7, 11) is 0. The smallest absolute Gasteiger partial charge is 0.393 e. The van der Waals surface area contributed by atoms with Crippen molar-refractivity contribution in [1.82, 2.24) is 10.2 Å². The molecule has 1 aromatic heterocycles. The van der Waals surface area contributed by atoms with Crippen LogP contribution in [0.2, 0.25) is 0 Å². The molecular formula is C12H16F3N3O. The van der Waals surface area contributed by atoms with Gasteiger partial charge in [-0.3, -0.25) is 0 Å². The molecule has 1 atom stereocenters. The fourth-order valence-corrected chi connectivity index (χ4v) is 2.26. The highest BCUT2D eigenvalue weighted by molar-refractivity contribution is 5.38. The molecule has 0 amide bonds. The van der Waals surface area contributed by atoms with Gasteiger partial charge in [0.2, 0.25) is 0 Å². The topological polar surface area (TPSA) is 49.2 Å². The number of alkyl halides is 3. The molecule has 0 radical (unpaired) electrons. The zero-order valence-corrected chi connectivity index (χ0v) is 10.6. The number of aliphatic hydroxyl groups is 1. The third kappa shape index (κ3) is 3.34. The second-order valence-electron chi connectivity index (χ2n) is 4.84. The molecule has 1 aliphatic rings. The van der Waals surface area contributed by atoms with Crippen molar-refractivity contribution in [2.24, 2.45) is 5.92 Å². The Balaban J connectivity index is 2.00. The molecule has 1 N–H and O–H groups in total. The van der Waals surface area contributed by atoms with Crippen LogP contribution < -0.4 is 4.90 Å². The number of nitrogens with zero attached hydrogens (tertiary/aromatic N) is 3. The fourth-order valence-electron chi connectivity index (χ4n) is 2.26. The van der Waals surface area contributed by atoms with Gasteiger partial charge in [-0.2, -0.15) is 13.2 Å². The molecular weight excluding hydrogens is 259 g/mol. The average molecular weight is 275 g/mol. The van der Waals surface area contributed by atoms with E-state index < -0.39 is 11.9 Å². The molecule has 1 aromatic rings. The van der Waals surface area contributed by atoms with Crippen LogP contribution in [0.3, 0.4) is 0 Å². The van der Waals surface area contributed by atoms with Gasteiger partial charge in [0.25, 0.3) is 0 Å². The van der Waals surface area contributed by atoms with Gasteiger partial charge < -0.3 is 10.0 Å². The molecule has 0 saturated carbocycles. The van der Waals surface area contributed by atoms with Gasteiger partial charge in [-0.25, -0.2) is 0 Å². The van der Waals surface area contributed by atoms with Gasteiger partial charge in [-0.15, -0.1) is 10.2 Å². The minimum Gasteiger partial charge on any atom is -0.393 e. The Bertz CT molecular complexity index is 411. The maximum atomic E-state index is 12.4. The van der Waals surface area contributed by atoms with Gasteiger partial charge in [0, 0.05) is 13.1 Å². The molecule has 106 valence electrons. The van der Waals surface area contributed by atoms with E-state index in [1.165, 1.54) is 6.07 Å². The summed E-state index contributed by atoms with van der Waals surface area (Å²) in [6, 6.07) is 2.29. The summed E-state index contributed by atoms with van der Waals surface area (Å²) in [6.07, 6.45) is -3.19. The van der Waals surface area contributed by atoms with E-state index in [9.17, 15) is 18.3 Å². The standard InChI is InChI=1S/C12H16F3N3O/c1-8(19)9-4-6-18(7-5-9)11-3-2-10(16-17-11)12(13,14)15/h2-3,8-9,19H,4-7H2,1H3. The number of hydrogen-bond acceptors (Lipinski definition) is 4. The van der Waals surface area contributed by atoms with Crippen LogP contribution in [0.15, 0.2) is 12.1 Å². The molecule has 2 heterocycles. The second-order valence-corrected chi connectivity index (χ2v) is 4.84. The summed E-state index contributed by atoms with van der Waals surface area (Å²) in [5, 5.41) is 16.3. The normalized spacial score (nSPS) is 19.5. The van der Waals surface area contributed by atoms with Crippen molar-refractivity contribution in [2.45, 2.75) is 32.0 Å². The Morgan fingerprint density at radius 2 is 1.89 bits per heavy atom. The number of aliphatic hydroxyl groups excluding tert-OH is 1. The third-order valence-electron chi connectivity index (χ3n) is 3.49. The van der Waals surface area contributed by atoms with Crippen LogP contribution in [0.25, 0.3) is 0 Å². The molecule has 1 unspecified atom stereocenters. The first kappa shape index (κ1) is 14.0. The second kappa shape index (κ2) is 5.32. The van der Waals surface area contributed by atoms with Gasteiger partial charge >= 0.3 is 6.18 Å². The summed E-state index contributed by atoms with van der Waals surface area (Å²) in [4.78, 5) is 1.89. The number of aromatic nitrogens is 2. The predicted molar refractivity (Wildman–Crippen MR) is 63.7 cm³/mol. The van der Waals surface area contributed by atoms with Gasteiger partial charge in [0.1, 0.15) is 0 Å². The molecule has 19 heavy (non-hydrogen) atoms. The highest BCUT2D eigenvalue weighted by Gasteiger charge is 2.33. The number of rotatable bonds is 2. The number of halogens is 3. The first-order chi connectivity index (χ1) is 8.88. The van der Waals surface area contributed by atoms with E-state index in [1.54, 1.807) is 6.92 Å². The minimum atomic E-state index is -4.45. The highest BCUT2D eigenvalue weighted by atomic mass is 19.4. The van der Waals surface area contributed by atoms with Crippen molar-refractivity contribution >= 4 is 5.82 Å². The van der Waals surface area contributed by atoms with Crippen molar-refractivity contribution in [1.29, 1.82) is 0 Å². The third-order valence-corrected chi connectivity index (χ3v) is 3.49. The Morgan fingerprint density at radius 3 is 2.32 bits per heavy atom. The molecule has 0 bridgehead atoms. The van der Waals surface area contributed by atoms with Crippen LogP contribution in [0.4, 0.5) is 19.0 Å². The van der Waals surface area contributed by atoms with Crippen LogP contribution in [-0.2, 0) is 6.18 Å². The molecule has 0 aliphatic carbocycles. The van der Waals surface area contributed by atoms with Crippen molar-refractivity contribution in [3.63, 3.8) is 0 Å². The largest absolute Gasteiger partial charge is 0.435 e. The Hall–Kier alpha value is -1.37. The van der Waals surface area contributed by atoms with E-state index in [4.69, 9.17) is 0 Å². The molecule has 1 saturated heterocycles. The Morgan fingerprint density at radius 1 is 1.26 bits per heavy atom. The summed E-state index contributed by atoms with van der Waals surface area (Å²) in [6.45, 7) is 3.11. The number of anilines is 1. The van der Waals surface area contributed by atoms with Crippen LogP contribution in [0.1, 0.15) is 25.5 Å². The monoisotopic (exact) mass is 275 g/mol. The zero-order chi connectivity index (χ0) is 14.0. The summed E-state index contributed by atoms with van der Waals surface area (Å²) < 4.78 is 37.1. The molecule has 0 spiro atoms. The molecule has 0 aromatic carbocycles. The molecule has 1 fully saturated rings. The Labute approximate surface area is 109 Å².